The van der Waals surface area contributed by atoms with Crippen LogP contribution in [0.4, 0.5) is 0 Å². The lowest BCUT2D eigenvalue weighted by molar-refractivity contribution is -0.178. The zero-order chi connectivity index (χ0) is 14.1. The topological polar surface area (TPSA) is 57.4 Å². The standard InChI is InChI=1S/C16H18N2O3/c1-3-14(15-18-17-11-19-15)4-2-12(1)13-5-7-16(8-6-13)20-9-10-21-16/h1-4,11,13H,5-10H2. The van der Waals surface area contributed by atoms with Gasteiger partial charge in [0.2, 0.25) is 12.3 Å². The second-order valence-electron chi connectivity index (χ2n) is 5.75. The normalized spacial score (nSPS) is 21.9. The van der Waals surface area contributed by atoms with Crippen LogP contribution in [0.1, 0.15) is 37.2 Å². The van der Waals surface area contributed by atoms with E-state index < -0.39 is 0 Å². The average molecular weight is 286 g/mol. The van der Waals surface area contributed by atoms with E-state index in [4.69, 9.17) is 13.9 Å². The number of hydrogen-bond donors (Lipinski definition) is 0. The third-order valence-corrected chi connectivity index (χ3v) is 4.55. The zero-order valence-corrected chi connectivity index (χ0v) is 11.8. The summed E-state index contributed by atoms with van der Waals surface area (Å²) in [5.41, 5.74) is 2.33. The molecule has 110 valence electrons. The Morgan fingerprint density at radius 1 is 1.00 bits per heavy atom. The highest BCUT2D eigenvalue weighted by Crippen LogP contribution is 2.42. The predicted octanol–water partition coefficient (Wildman–Crippen LogP) is 3.14. The molecule has 2 heterocycles. The molecule has 1 saturated carbocycles. The van der Waals surface area contributed by atoms with Crippen molar-refractivity contribution in [3.63, 3.8) is 0 Å². The molecule has 1 aromatic carbocycles. The maximum atomic E-state index is 5.78. The first-order chi connectivity index (χ1) is 10.3. The highest BCUT2D eigenvalue weighted by atomic mass is 16.7. The van der Waals surface area contributed by atoms with Gasteiger partial charge in [0.25, 0.3) is 0 Å². The summed E-state index contributed by atoms with van der Waals surface area (Å²) in [4.78, 5) is 0. The molecule has 2 aliphatic rings. The van der Waals surface area contributed by atoms with E-state index in [9.17, 15) is 0 Å². The Labute approximate surface area is 123 Å². The largest absolute Gasteiger partial charge is 0.423 e. The predicted molar refractivity (Wildman–Crippen MR) is 75.6 cm³/mol. The van der Waals surface area contributed by atoms with E-state index in [2.05, 4.69) is 34.5 Å². The summed E-state index contributed by atoms with van der Waals surface area (Å²) in [6.07, 6.45) is 5.55. The number of ether oxygens (including phenoxy) is 2. The van der Waals surface area contributed by atoms with Crippen molar-refractivity contribution in [3.8, 4) is 11.5 Å². The van der Waals surface area contributed by atoms with Crippen molar-refractivity contribution in [2.45, 2.75) is 37.4 Å². The summed E-state index contributed by atoms with van der Waals surface area (Å²) in [7, 11) is 0. The van der Waals surface area contributed by atoms with E-state index in [-0.39, 0.29) is 5.79 Å². The van der Waals surface area contributed by atoms with Gasteiger partial charge in [0.1, 0.15) is 0 Å². The molecule has 1 aromatic heterocycles. The summed E-state index contributed by atoms with van der Waals surface area (Å²) in [5.74, 6) is 0.872. The van der Waals surface area contributed by atoms with Crippen LogP contribution in [0.5, 0.6) is 0 Å². The molecule has 0 amide bonds. The quantitative estimate of drug-likeness (QED) is 0.849. The minimum atomic E-state index is -0.278. The molecule has 0 atom stereocenters. The van der Waals surface area contributed by atoms with E-state index in [1.54, 1.807) is 0 Å². The fourth-order valence-electron chi connectivity index (χ4n) is 3.37. The lowest BCUT2D eigenvalue weighted by atomic mass is 9.81. The molecule has 1 aliphatic carbocycles. The molecule has 2 aromatic rings. The van der Waals surface area contributed by atoms with Crippen LogP contribution in [0.15, 0.2) is 35.1 Å². The third-order valence-electron chi connectivity index (χ3n) is 4.55. The molecule has 0 N–H and O–H groups in total. The molecule has 0 bridgehead atoms. The first-order valence-corrected chi connectivity index (χ1v) is 7.49. The Kier molecular flexibility index (Phi) is 3.24. The van der Waals surface area contributed by atoms with Gasteiger partial charge in [0.15, 0.2) is 5.79 Å². The van der Waals surface area contributed by atoms with E-state index in [0.717, 1.165) is 44.5 Å². The zero-order valence-electron chi connectivity index (χ0n) is 11.8. The van der Waals surface area contributed by atoms with Gasteiger partial charge in [0, 0.05) is 18.4 Å². The van der Waals surface area contributed by atoms with Crippen LogP contribution in [-0.2, 0) is 9.47 Å². The Morgan fingerprint density at radius 3 is 2.33 bits per heavy atom. The molecule has 1 aliphatic heterocycles. The van der Waals surface area contributed by atoms with E-state index in [0.29, 0.717) is 11.8 Å². The van der Waals surface area contributed by atoms with Gasteiger partial charge in [-0.05, 0) is 36.5 Å². The van der Waals surface area contributed by atoms with Gasteiger partial charge in [-0.1, -0.05) is 12.1 Å². The first-order valence-electron chi connectivity index (χ1n) is 7.49. The molecule has 5 nitrogen and oxygen atoms in total. The highest BCUT2D eigenvalue weighted by molar-refractivity contribution is 5.53. The molecular weight excluding hydrogens is 268 g/mol. The Balaban J connectivity index is 1.45. The van der Waals surface area contributed by atoms with Crippen LogP contribution in [0.2, 0.25) is 0 Å². The number of benzene rings is 1. The molecule has 4 rings (SSSR count). The Hall–Kier alpha value is -1.72. The molecule has 5 heteroatoms. The SMILES string of the molecule is c1nnc(-c2ccc(C3CCC4(CC3)OCCO4)cc2)o1. The number of rotatable bonds is 2. The van der Waals surface area contributed by atoms with Crippen molar-refractivity contribution in [1.82, 2.24) is 10.2 Å². The summed E-state index contributed by atoms with van der Waals surface area (Å²) in [6, 6.07) is 8.43. The van der Waals surface area contributed by atoms with Crippen LogP contribution >= 0.6 is 0 Å². The van der Waals surface area contributed by atoms with Gasteiger partial charge in [-0.2, -0.15) is 0 Å². The van der Waals surface area contributed by atoms with Crippen molar-refractivity contribution in [2.24, 2.45) is 0 Å². The molecular formula is C16H18N2O3. The van der Waals surface area contributed by atoms with Gasteiger partial charge < -0.3 is 13.9 Å². The second-order valence-corrected chi connectivity index (χ2v) is 5.75. The smallest absolute Gasteiger partial charge is 0.247 e. The summed E-state index contributed by atoms with van der Waals surface area (Å²) < 4.78 is 16.8. The highest BCUT2D eigenvalue weighted by Gasteiger charge is 2.40. The number of aromatic nitrogens is 2. The van der Waals surface area contributed by atoms with Gasteiger partial charge in [-0.25, -0.2) is 0 Å². The minimum Gasteiger partial charge on any atom is -0.423 e. The molecule has 1 spiro atoms. The van der Waals surface area contributed by atoms with Gasteiger partial charge in [0.05, 0.1) is 13.2 Å². The average Bonchev–Trinajstić information content (AvgIpc) is 3.21. The van der Waals surface area contributed by atoms with Gasteiger partial charge in [-0.15, -0.1) is 10.2 Å². The molecule has 1 saturated heterocycles. The van der Waals surface area contributed by atoms with Crippen LogP contribution in [0.25, 0.3) is 11.5 Å². The summed E-state index contributed by atoms with van der Waals surface area (Å²) in [5, 5.41) is 7.63. The fraction of sp³-hybridized carbons (Fsp3) is 0.500. The van der Waals surface area contributed by atoms with Crippen molar-refractivity contribution >= 4 is 0 Å². The monoisotopic (exact) mass is 286 g/mol. The fourth-order valence-corrected chi connectivity index (χ4v) is 3.37. The van der Waals surface area contributed by atoms with Crippen LogP contribution in [-0.4, -0.2) is 29.2 Å². The maximum absolute atomic E-state index is 5.78. The van der Waals surface area contributed by atoms with E-state index in [1.165, 1.54) is 12.0 Å². The van der Waals surface area contributed by atoms with Crippen LogP contribution in [0.3, 0.4) is 0 Å². The Bertz CT molecular complexity index is 578. The van der Waals surface area contributed by atoms with Crippen molar-refractivity contribution in [2.75, 3.05) is 13.2 Å². The van der Waals surface area contributed by atoms with Crippen molar-refractivity contribution in [3.05, 3.63) is 36.2 Å². The molecule has 0 radical (unpaired) electrons. The van der Waals surface area contributed by atoms with E-state index in [1.807, 2.05) is 0 Å². The number of nitrogens with zero attached hydrogens (tertiary/aromatic N) is 2. The number of hydrogen-bond acceptors (Lipinski definition) is 5. The van der Waals surface area contributed by atoms with Gasteiger partial charge in [-0.3, -0.25) is 0 Å². The molecule has 0 unspecified atom stereocenters. The lowest BCUT2D eigenvalue weighted by Gasteiger charge is -2.35. The first kappa shape index (κ1) is 13.0. The summed E-state index contributed by atoms with van der Waals surface area (Å²) >= 11 is 0. The maximum Gasteiger partial charge on any atom is 0.247 e. The van der Waals surface area contributed by atoms with Crippen LogP contribution in [0, 0.1) is 0 Å². The van der Waals surface area contributed by atoms with Crippen molar-refractivity contribution in [1.29, 1.82) is 0 Å². The third kappa shape index (κ3) is 2.47. The minimum absolute atomic E-state index is 0.278. The molecule has 21 heavy (non-hydrogen) atoms. The summed E-state index contributed by atoms with van der Waals surface area (Å²) in [6.45, 7) is 1.48. The van der Waals surface area contributed by atoms with Gasteiger partial charge >= 0.3 is 0 Å². The van der Waals surface area contributed by atoms with E-state index >= 15 is 0 Å². The second kappa shape index (κ2) is 5.24. The Morgan fingerprint density at radius 2 is 1.71 bits per heavy atom. The lowest BCUT2D eigenvalue weighted by Crippen LogP contribution is -2.34. The molecule has 2 fully saturated rings. The van der Waals surface area contributed by atoms with Crippen LogP contribution < -0.4 is 0 Å². The van der Waals surface area contributed by atoms with Crippen molar-refractivity contribution < 1.29 is 13.9 Å².